The summed E-state index contributed by atoms with van der Waals surface area (Å²) in [5.74, 6) is 0.568. The minimum absolute atomic E-state index is 0.207. The van der Waals surface area contributed by atoms with Gasteiger partial charge in [0.05, 0.1) is 5.56 Å². The topological polar surface area (TPSA) is 48.7 Å². The number of hydrogen-bond acceptors (Lipinski definition) is 4. The van der Waals surface area contributed by atoms with E-state index < -0.39 is 0 Å². The molecule has 0 saturated carbocycles. The molecule has 0 aliphatic carbocycles. The van der Waals surface area contributed by atoms with E-state index in [0.29, 0.717) is 16.4 Å². The van der Waals surface area contributed by atoms with Gasteiger partial charge in [-0.1, -0.05) is 11.6 Å². The maximum Gasteiger partial charge on any atom is 0.146 e. The molecule has 0 amide bonds. The Labute approximate surface area is 115 Å². The first kappa shape index (κ1) is 12.9. The normalized spacial score (nSPS) is 11.8. The Morgan fingerprint density at radius 2 is 2.39 bits per heavy atom. The van der Waals surface area contributed by atoms with Crippen LogP contribution >= 0.6 is 22.9 Å². The van der Waals surface area contributed by atoms with E-state index in [1.807, 2.05) is 6.07 Å². The molecule has 2 aromatic rings. The van der Waals surface area contributed by atoms with Gasteiger partial charge in [0.2, 0.25) is 0 Å². The SMILES string of the molecule is CC(Cc1ccsc1)Nc1nccc(C#N)c1Cl. The lowest BCUT2D eigenvalue weighted by atomic mass is 10.1. The molecule has 5 heteroatoms. The van der Waals surface area contributed by atoms with Crippen molar-refractivity contribution in [1.29, 1.82) is 5.26 Å². The maximum absolute atomic E-state index is 8.90. The van der Waals surface area contributed by atoms with Crippen molar-refractivity contribution in [3.63, 3.8) is 0 Å². The lowest BCUT2D eigenvalue weighted by molar-refractivity contribution is 0.787. The van der Waals surface area contributed by atoms with E-state index in [0.717, 1.165) is 6.42 Å². The molecule has 1 N–H and O–H groups in total. The third kappa shape index (κ3) is 3.00. The molecule has 0 saturated heterocycles. The van der Waals surface area contributed by atoms with E-state index in [1.54, 1.807) is 23.6 Å². The second-order valence-corrected chi connectivity index (χ2v) is 5.17. The predicted molar refractivity (Wildman–Crippen MR) is 75.1 cm³/mol. The number of pyridine rings is 1. The van der Waals surface area contributed by atoms with Gasteiger partial charge in [0.1, 0.15) is 16.9 Å². The molecule has 0 aliphatic rings. The molecular weight excluding hydrogens is 266 g/mol. The van der Waals surface area contributed by atoms with Crippen LogP contribution in [0.1, 0.15) is 18.1 Å². The second-order valence-electron chi connectivity index (χ2n) is 4.01. The quantitative estimate of drug-likeness (QED) is 0.927. The summed E-state index contributed by atoms with van der Waals surface area (Å²) < 4.78 is 0. The lowest BCUT2D eigenvalue weighted by Gasteiger charge is -2.15. The summed E-state index contributed by atoms with van der Waals surface area (Å²) in [5.41, 5.74) is 1.73. The Bertz CT molecular complexity index is 560. The first-order valence-electron chi connectivity index (χ1n) is 5.53. The van der Waals surface area contributed by atoms with Gasteiger partial charge in [-0.3, -0.25) is 0 Å². The van der Waals surface area contributed by atoms with Crippen molar-refractivity contribution in [2.24, 2.45) is 0 Å². The zero-order valence-electron chi connectivity index (χ0n) is 9.85. The average molecular weight is 278 g/mol. The van der Waals surface area contributed by atoms with Crippen molar-refractivity contribution in [3.8, 4) is 6.07 Å². The van der Waals surface area contributed by atoms with Crippen molar-refractivity contribution in [2.75, 3.05) is 5.32 Å². The highest BCUT2D eigenvalue weighted by atomic mass is 35.5. The number of rotatable bonds is 4. The molecule has 2 aromatic heterocycles. The highest BCUT2D eigenvalue weighted by molar-refractivity contribution is 7.07. The Balaban J connectivity index is 2.08. The third-order valence-corrected chi connectivity index (χ3v) is 3.63. The van der Waals surface area contributed by atoms with E-state index >= 15 is 0 Å². The van der Waals surface area contributed by atoms with Crippen molar-refractivity contribution in [2.45, 2.75) is 19.4 Å². The Morgan fingerprint density at radius 3 is 3.06 bits per heavy atom. The molecule has 2 rings (SSSR count). The summed E-state index contributed by atoms with van der Waals surface area (Å²) in [6.45, 7) is 2.06. The number of thiophene rings is 1. The number of halogens is 1. The summed E-state index contributed by atoms with van der Waals surface area (Å²) in [4.78, 5) is 4.16. The summed E-state index contributed by atoms with van der Waals surface area (Å²) in [6, 6.07) is 5.96. The van der Waals surface area contributed by atoms with Gasteiger partial charge in [0, 0.05) is 12.2 Å². The number of anilines is 1. The fourth-order valence-electron chi connectivity index (χ4n) is 1.68. The van der Waals surface area contributed by atoms with Gasteiger partial charge in [-0.15, -0.1) is 0 Å². The molecule has 2 heterocycles. The van der Waals surface area contributed by atoms with E-state index in [9.17, 15) is 0 Å². The van der Waals surface area contributed by atoms with Crippen LogP contribution in [0.3, 0.4) is 0 Å². The molecule has 1 unspecified atom stereocenters. The van der Waals surface area contributed by atoms with Crippen LogP contribution in [0.2, 0.25) is 5.02 Å². The van der Waals surface area contributed by atoms with Crippen LogP contribution in [0.5, 0.6) is 0 Å². The summed E-state index contributed by atoms with van der Waals surface area (Å²) in [6.07, 6.45) is 2.49. The van der Waals surface area contributed by atoms with Crippen LogP contribution < -0.4 is 5.32 Å². The van der Waals surface area contributed by atoms with Crippen molar-refractivity contribution in [3.05, 3.63) is 45.2 Å². The van der Waals surface area contributed by atoms with Crippen molar-refractivity contribution < 1.29 is 0 Å². The molecular formula is C13H12ClN3S. The number of aromatic nitrogens is 1. The average Bonchev–Trinajstić information content (AvgIpc) is 2.84. The monoisotopic (exact) mass is 277 g/mol. The van der Waals surface area contributed by atoms with Gasteiger partial charge in [-0.25, -0.2) is 4.98 Å². The molecule has 3 nitrogen and oxygen atoms in total. The highest BCUT2D eigenvalue weighted by Crippen LogP contribution is 2.23. The third-order valence-electron chi connectivity index (χ3n) is 2.51. The van der Waals surface area contributed by atoms with Crippen molar-refractivity contribution in [1.82, 2.24) is 4.98 Å². The van der Waals surface area contributed by atoms with E-state index in [4.69, 9.17) is 16.9 Å². The Morgan fingerprint density at radius 1 is 1.56 bits per heavy atom. The first-order chi connectivity index (χ1) is 8.70. The Hall–Kier alpha value is -1.57. The van der Waals surface area contributed by atoms with Crippen LogP contribution in [0.25, 0.3) is 0 Å². The van der Waals surface area contributed by atoms with Gasteiger partial charge in [-0.2, -0.15) is 16.6 Å². The maximum atomic E-state index is 8.90. The molecule has 1 atom stereocenters. The zero-order chi connectivity index (χ0) is 13.0. The molecule has 18 heavy (non-hydrogen) atoms. The number of nitriles is 1. The molecule has 0 fully saturated rings. The van der Waals surface area contributed by atoms with Gasteiger partial charge in [-0.05, 0) is 41.8 Å². The molecule has 0 bridgehead atoms. The van der Waals surface area contributed by atoms with Gasteiger partial charge >= 0.3 is 0 Å². The van der Waals surface area contributed by atoms with Crippen LogP contribution in [-0.2, 0) is 6.42 Å². The smallest absolute Gasteiger partial charge is 0.146 e. The van der Waals surface area contributed by atoms with Gasteiger partial charge in [0.15, 0.2) is 0 Å². The molecule has 0 aromatic carbocycles. The zero-order valence-corrected chi connectivity index (χ0v) is 11.4. The summed E-state index contributed by atoms with van der Waals surface area (Å²) in [7, 11) is 0. The molecule has 0 spiro atoms. The molecule has 92 valence electrons. The predicted octanol–water partition coefficient (Wildman–Crippen LogP) is 3.71. The number of hydrogen-bond donors (Lipinski definition) is 1. The molecule has 0 aliphatic heterocycles. The Kier molecular flexibility index (Phi) is 4.19. The standard InChI is InChI=1S/C13H12ClN3S/c1-9(6-10-3-5-18-8-10)17-13-12(14)11(7-15)2-4-16-13/h2-5,8-9H,6H2,1H3,(H,16,17). The number of nitrogens with one attached hydrogen (secondary N) is 1. The minimum atomic E-state index is 0.207. The summed E-state index contributed by atoms with van der Waals surface area (Å²) >= 11 is 7.77. The van der Waals surface area contributed by atoms with E-state index in [1.165, 1.54) is 5.56 Å². The van der Waals surface area contributed by atoms with Crippen LogP contribution in [0, 0.1) is 11.3 Å². The lowest BCUT2D eigenvalue weighted by Crippen LogP contribution is -2.19. The minimum Gasteiger partial charge on any atom is -0.366 e. The highest BCUT2D eigenvalue weighted by Gasteiger charge is 2.10. The number of nitrogens with zero attached hydrogens (tertiary/aromatic N) is 2. The van der Waals surface area contributed by atoms with E-state index in [-0.39, 0.29) is 6.04 Å². The first-order valence-corrected chi connectivity index (χ1v) is 6.85. The second kappa shape index (κ2) is 5.85. The van der Waals surface area contributed by atoms with Crippen molar-refractivity contribution >= 4 is 28.8 Å². The van der Waals surface area contributed by atoms with Crippen LogP contribution in [-0.4, -0.2) is 11.0 Å². The largest absolute Gasteiger partial charge is 0.366 e. The fourth-order valence-corrected chi connectivity index (χ4v) is 2.57. The fraction of sp³-hybridized carbons (Fsp3) is 0.231. The van der Waals surface area contributed by atoms with E-state index in [2.05, 4.69) is 34.1 Å². The molecule has 0 radical (unpaired) electrons. The van der Waals surface area contributed by atoms with Gasteiger partial charge in [0.25, 0.3) is 0 Å². The van der Waals surface area contributed by atoms with Gasteiger partial charge < -0.3 is 5.32 Å². The van der Waals surface area contributed by atoms with Crippen LogP contribution in [0.4, 0.5) is 5.82 Å². The van der Waals surface area contributed by atoms with Crippen LogP contribution in [0.15, 0.2) is 29.1 Å². The summed E-state index contributed by atoms with van der Waals surface area (Å²) in [5, 5.41) is 16.7.